The molecule has 0 aliphatic heterocycles. The molecule has 0 fully saturated rings. The number of carboxylic acids is 3. The smallest absolute Gasteiger partial charge is 0.317 e. The van der Waals surface area contributed by atoms with Crippen LogP contribution in [0.5, 0.6) is 0 Å². The molecule has 0 radical (unpaired) electrons. The molecular formula is C34H63N7O16. The minimum Gasteiger partial charge on any atom is -0.480 e. The number of ether oxygens (including phenoxy) is 6. The molecule has 0 rings (SSSR count). The van der Waals surface area contributed by atoms with Crippen molar-refractivity contribution in [1.29, 1.82) is 0 Å². The van der Waals surface area contributed by atoms with Gasteiger partial charge in [0.2, 0.25) is 23.6 Å². The van der Waals surface area contributed by atoms with Gasteiger partial charge in [-0.25, -0.2) is 0 Å². The first-order valence-corrected chi connectivity index (χ1v) is 18.6. The van der Waals surface area contributed by atoms with Crippen LogP contribution >= 0.6 is 0 Å². The molecule has 7 N–H and O–H groups in total. The summed E-state index contributed by atoms with van der Waals surface area (Å²) in [7, 11) is 0. The Morgan fingerprint density at radius 1 is 0.368 bits per heavy atom. The van der Waals surface area contributed by atoms with Crippen LogP contribution in [0.25, 0.3) is 0 Å². The lowest BCUT2D eigenvalue weighted by atomic mass is 10.3. The fraction of sp³-hybridized carbons (Fsp3) is 0.794. The van der Waals surface area contributed by atoms with Crippen LogP contribution in [0.2, 0.25) is 0 Å². The van der Waals surface area contributed by atoms with Gasteiger partial charge in [0.1, 0.15) is 0 Å². The zero-order valence-electron chi connectivity index (χ0n) is 33.2. The fourth-order valence-electron chi connectivity index (χ4n) is 4.56. The molecule has 0 heterocycles. The van der Waals surface area contributed by atoms with E-state index >= 15 is 0 Å². The van der Waals surface area contributed by atoms with E-state index in [0.29, 0.717) is 65.9 Å². The molecule has 23 heteroatoms. The predicted octanol–water partition coefficient (Wildman–Crippen LogP) is -4.25. The summed E-state index contributed by atoms with van der Waals surface area (Å²) in [6, 6.07) is 0. The molecule has 0 aromatic heterocycles. The second-order valence-electron chi connectivity index (χ2n) is 12.2. The summed E-state index contributed by atoms with van der Waals surface area (Å²) in [6.45, 7) is 5.79. The second kappa shape index (κ2) is 36.3. The van der Waals surface area contributed by atoms with Gasteiger partial charge in [-0.1, -0.05) is 0 Å². The first kappa shape index (κ1) is 52.9. The van der Waals surface area contributed by atoms with E-state index in [1.807, 2.05) is 0 Å². The van der Waals surface area contributed by atoms with Crippen molar-refractivity contribution in [3.8, 4) is 0 Å². The maximum Gasteiger partial charge on any atom is 0.317 e. The van der Waals surface area contributed by atoms with Crippen molar-refractivity contribution < 1.29 is 77.3 Å². The Balaban J connectivity index is 4.51. The van der Waals surface area contributed by atoms with Gasteiger partial charge in [0, 0.05) is 66.2 Å². The third kappa shape index (κ3) is 38.6. The number of rotatable bonds is 40. The van der Waals surface area contributed by atoms with Gasteiger partial charge in [-0.15, -0.1) is 0 Å². The van der Waals surface area contributed by atoms with E-state index in [0.717, 1.165) is 0 Å². The Morgan fingerprint density at radius 2 is 0.614 bits per heavy atom. The molecule has 0 aliphatic rings. The number of carboxylic acid groups (broad SMARTS) is 3. The Kier molecular flexibility index (Phi) is 33.7. The maximum absolute atomic E-state index is 12.5. The molecule has 0 bridgehead atoms. The lowest BCUT2D eigenvalue weighted by Gasteiger charge is -2.28. The van der Waals surface area contributed by atoms with Gasteiger partial charge in [-0.2, -0.15) is 0 Å². The molecule has 0 atom stereocenters. The van der Waals surface area contributed by atoms with Crippen molar-refractivity contribution in [1.82, 2.24) is 36.0 Å². The summed E-state index contributed by atoms with van der Waals surface area (Å²) in [5.74, 6) is -4.74. The number of carbonyl (C=O) groups excluding carboxylic acids is 4. The third-order valence-electron chi connectivity index (χ3n) is 7.14. The molecule has 0 aromatic rings. The molecule has 330 valence electrons. The lowest BCUT2D eigenvalue weighted by Crippen LogP contribution is -2.47. The van der Waals surface area contributed by atoms with Crippen molar-refractivity contribution in [2.45, 2.75) is 13.8 Å². The van der Waals surface area contributed by atoms with Gasteiger partial charge < -0.3 is 65.0 Å². The fourth-order valence-corrected chi connectivity index (χ4v) is 4.56. The van der Waals surface area contributed by atoms with Crippen molar-refractivity contribution in [2.75, 3.05) is 164 Å². The SMILES string of the molecule is CC(=O)NCCOCCOCCOCCNC(=O)CN(CCN(CCN(CC(=O)O)CC(=O)NCCOCCOCCOCCNC(C)=O)CC(=O)O)CC(=O)O. The number of hydrogen-bond acceptors (Lipinski definition) is 16. The van der Waals surface area contributed by atoms with Crippen LogP contribution in [0.4, 0.5) is 0 Å². The Morgan fingerprint density at radius 3 is 0.895 bits per heavy atom. The highest BCUT2D eigenvalue weighted by atomic mass is 16.5. The van der Waals surface area contributed by atoms with Crippen molar-refractivity contribution in [2.24, 2.45) is 0 Å². The summed E-state index contributed by atoms with van der Waals surface area (Å²) in [4.78, 5) is 85.3. The van der Waals surface area contributed by atoms with Gasteiger partial charge in [0.15, 0.2) is 0 Å². The molecule has 57 heavy (non-hydrogen) atoms. The van der Waals surface area contributed by atoms with Crippen LogP contribution in [0.1, 0.15) is 13.8 Å². The normalized spacial score (nSPS) is 11.2. The third-order valence-corrected chi connectivity index (χ3v) is 7.14. The van der Waals surface area contributed by atoms with Crippen molar-refractivity contribution in [3.05, 3.63) is 0 Å². The molecule has 0 aromatic carbocycles. The van der Waals surface area contributed by atoms with E-state index in [1.165, 1.54) is 28.5 Å². The van der Waals surface area contributed by atoms with Crippen LogP contribution in [0.15, 0.2) is 0 Å². The Hall–Kier alpha value is -4.07. The highest BCUT2D eigenvalue weighted by molar-refractivity contribution is 5.79. The topological polar surface area (TPSA) is 293 Å². The zero-order chi connectivity index (χ0) is 42.5. The standard InChI is InChI=1S/C34H63N7O16/c1-28(42)35-3-11-52-15-19-56-21-17-54-13-5-37-30(44)23-40(26-33(48)49)9-7-39(25-32(46)47)8-10-41(27-34(50)51)24-31(45)38-6-14-55-18-22-57-20-16-53-12-4-36-29(2)43/h3-27H2,1-2H3,(H,35,42)(H,36,43)(H,37,44)(H,38,45)(H,46,47)(H,48,49)(H,50,51). The number of nitrogens with zero attached hydrogens (tertiary/aromatic N) is 3. The van der Waals surface area contributed by atoms with Crippen LogP contribution in [-0.2, 0) is 62.0 Å². The van der Waals surface area contributed by atoms with Crippen LogP contribution < -0.4 is 21.3 Å². The average Bonchev–Trinajstić information content (AvgIpc) is 3.12. The summed E-state index contributed by atoms with van der Waals surface area (Å²) in [5.41, 5.74) is 0. The molecule has 0 aliphatic carbocycles. The van der Waals surface area contributed by atoms with E-state index in [4.69, 9.17) is 28.4 Å². The van der Waals surface area contributed by atoms with Gasteiger partial charge in [0.05, 0.1) is 112 Å². The van der Waals surface area contributed by atoms with Crippen molar-refractivity contribution in [3.63, 3.8) is 0 Å². The zero-order valence-corrected chi connectivity index (χ0v) is 33.2. The molecule has 23 nitrogen and oxygen atoms in total. The Bertz CT molecular complexity index is 1080. The average molecular weight is 826 g/mol. The first-order valence-electron chi connectivity index (χ1n) is 18.6. The van der Waals surface area contributed by atoms with Gasteiger partial charge >= 0.3 is 17.9 Å². The number of nitrogens with one attached hydrogen (secondary N) is 4. The van der Waals surface area contributed by atoms with E-state index in [9.17, 15) is 48.9 Å². The van der Waals surface area contributed by atoms with E-state index in [1.54, 1.807) is 0 Å². The summed E-state index contributed by atoms with van der Waals surface area (Å²) >= 11 is 0. The summed E-state index contributed by atoms with van der Waals surface area (Å²) in [5, 5.41) is 38.7. The Labute approximate surface area is 332 Å². The molecule has 0 saturated heterocycles. The predicted molar refractivity (Wildman–Crippen MR) is 201 cm³/mol. The van der Waals surface area contributed by atoms with Crippen LogP contribution in [0.3, 0.4) is 0 Å². The van der Waals surface area contributed by atoms with Gasteiger partial charge in [-0.3, -0.25) is 48.3 Å². The van der Waals surface area contributed by atoms with Crippen molar-refractivity contribution >= 4 is 41.5 Å². The minimum absolute atomic E-state index is 0.00988. The molecule has 0 spiro atoms. The molecule has 0 saturated carbocycles. The van der Waals surface area contributed by atoms with Crippen LogP contribution in [0, 0.1) is 0 Å². The maximum atomic E-state index is 12.5. The molecule has 0 unspecified atom stereocenters. The highest BCUT2D eigenvalue weighted by Crippen LogP contribution is 1.98. The van der Waals surface area contributed by atoms with E-state index in [2.05, 4.69) is 21.3 Å². The quantitative estimate of drug-likeness (QED) is 0.0288. The number of hydrogen-bond donors (Lipinski definition) is 7. The van der Waals surface area contributed by atoms with Gasteiger partial charge in [0.25, 0.3) is 0 Å². The summed E-state index contributed by atoms with van der Waals surface area (Å²) < 4.78 is 32.1. The highest BCUT2D eigenvalue weighted by Gasteiger charge is 2.20. The number of carbonyl (C=O) groups is 7. The first-order chi connectivity index (χ1) is 27.3. The second-order valence-corrected chi connectivity index (χ2v) is 12.2. The largest absolute Gasteiger partial charge is 0.480 e. The monoisotopic (exact) mass is 825 g/mol. The van der Waals surface area contributed by atoms with E-state index in [-0.39, 0.29) is 90.6 Å². The lowest BCUT2D eigenvalue weighted by molar-refractivity contribution is -0.141. The molecular weight excluding hydrogens is 762 g/mol. The minimum atomic E-state index is -1.19. The van der Waals surface area contributed by atoms with Crippen LogP contribution in [-0.4, -0.2) is 236 Å². The molecule has 4 amide bonds. The number of amides is 4. The summed E-state index contributed by atoms with van der Waals surface area (Å²) in [6.07, 6.45) is 0. The number of aliphatic carboxylic acids is 3. The van der Waals surface area contributed by atoms with E-state index < -0.39 is 49.4 Å². The van der Waals surface area contributed by atoms with Gasteiger partial charge in [-0.05, 0) is 0 Å².